The molecule has 4 heterocycles. The van der Waals surface area contributed by atoms with Crippen LogP contribution in [0.25, 0.3) is 21.9 Å². The molecule has 0 bridgehead atoms. The molecule has 6 rings (SSSR count). The molecule has 2 aromatic heterocycles. The second-order valence-electron chi connectivity index (χ2n) is 8.70. The average Bonchev–Trinajstić information content (AvgIpc) is 3.35. The van der Waals surface area contributed by atoms with E-state index in [2.05, 4.69) is 5.32 Å². The van der Waals surface area contributed by atoms with Crippen molar-refractivity contribution < 1.29 is 17.6 Å². The Balaban J connectivity index is 1.52. The third kappa shape index (κ3) is 3.25. The fourth-order valence-corrected chi connectivity index (χ4v) is 8.75. The molecule has 11 heteroatoms. The molecule has 1 N–H and O–H groups in total. The van der Waals surface area contributed by atoms with Crippen molar-refractivity contribution in [3.05, 3.63) is 64.2 Å². The third-order valence-electron chi connectivity index (χ3n) is 6.34. The van der Waals surface area contributed by atoms with Crippen LogP contribution in [0.1, 0.15) is 11.6 Å². The van der Waals surface area contributed by atoms with Crippen molar-refractivity contribution in [3.8, 4) is 0 Å². The van der Waals surface area contributed by atoms with Crippen LogP contribution in [0.3, 0.4) is 0 Å². The van der Waals surface area contributed by atoms with E-state index in [0.717, 1.165) is 10.9 Å². The van der Waals surface area contributed by atoms with Crippen LogP contribution in [0.4, 0.5) is 10.1 Å². The minimum Gasteiger partial charge on any atom is -0.325 e. The van der Waals surface area contributed by atoms with Gasteiger partial charge in [0.1, 0.15) is 23.4 Å². The summed E-state index contributed by atoms with van der Waals surface area (Å²) in [6, 6.07) is 11.0. The molecule has 0 saturated carbocycles. The minimum absolute atomic E-state index is 0.0141. The zero-order chi connectivity index (χ0) is 23.8. The molecule has 1 fully saturated rings. The molecule has 2 atom stereocenters. The Kier molecular flexibility index (Phi) is 4.65. The van der Waals surface area contributed by atoms with Crippen molar-refractivity contribution in [2.45, 2.75) is 29.9 Å². The number of aryl methyl sites for hydroxylation is 1. The topological polar surface area (TPSA) is 103 Å². The normalized spacial score (nSPS) is 20.5. The van der Waals surface area contributed by atoms with Crippen molar-refractivity contribution in [1.82, 2.24) is 14.1 Å². The lowest BCUT2D eigenvalue weighted by Crippen LogP contribution is -2.29. The number of carbonyl (C=O) groups is 1. The number of benzene rings is 2. The summed E-state index contributed by atoms with van der Waals surface area (Å²) >= 11 is 1.32. The van der Waals surface area contributed by atoms with Crippen molar-refractivity contribution in [1.29, 1.82) is 0 Å². The largest absolute Gasteiger partial charge is 0.325 e. The number of hydrogen-bond donors (Lipinski definition) is 1. The number of amides is 1. The Bertz CT molecular complexity index is 1690. The van der Waals surface area contributed by atoms with Gasteiger partial charge < -0.3 is 9.88 Å². The molecule has 0 spiro atoms. The molecule has 0 aliphatic carbocycles. The van der Waals surface area contributed by atoms with Gasteiger partial charge in [-0.1, -0.05) is 35.5 Å². The highest BCUT2D eigenvalue weighted by molar-refractivity contribution is 8.02. The molecule has 0 unspecified atom stereocenters. The van der Waals surface area contributed by atoms with Crippen molar-refractivity contribution >= 4 is 55.1 Å². The maximum absolute atomic E-state index is 14.0. The number of hydrogen-bond acceptors (Lipinski definition) is 6. The Morgan fingerprint density at radius 1 is 1.24 bits per heavy atom. The Hall–Kier alpha value is -3.18. The van der Waals surface area contributed by atoms with Crippen molar-refractivity contribution in [3.63, 3.8) is 0 Å². The Morgan fingerprint density at radius 2 is 2.03 bits per heavy atom. The van der Waals surface area contributed by atoms with Crippen LogP contribution in [-0.2, 0) is 21.2 Å². The summed E-state index contributed by atoms with van der Waals surface area (Å²) in [5.41, 5.74) is 2.02. The molecule has 174 valence electrons. The molecule has 1 saturated heterocycles. The summed E-state index contributed by atoms with van der Waals surface area (Å²) in [5, 5.41) is 3.55. The standard InChI is InChI=1S/C23H19FN4O4S2/c1-12-6-7-16-13(8-12)20-21(27(16)9-19(29)25-15-5-3-2-4-14(15)24)22(30)28-17-10-34(31,32)11-18(17)33-23(28)26-20/h2-8,17-18H,9-11H2,1H3,(H,25,29)/t17-,18-/m1/s1. The van der Waals surface area contributed by atoms with E-state index >= 15 is 0 Å². The number of nitrogens with one attached hydrogen (secondary N) is 1. The molecule has 2 aromatic carbocycles. The van der Waals surface area contributed by atoms with E-state index in [1.54, 1.807) is 10.6 Å². The predicted octanol–water partition coefficient (Wildman–Crippen LogP) is 2.88. The third-order valence-corrected chi connectivity index (χ3v) is 9.55. The lowest BCUT2D eigenvalue weighted by molar-refractivity contribution is -0.116. The van der Waals surface area contributed by atoms with Crippen LogP contribution in [0, 0.1) is 12.7 Å². The lowest BCUT2D eigenvalue weighted by Gasteiger charge is -2.12. The number of rotatable bonds is 3. The van der Waals surface area contributed by atoms with Gasteiger partial charge in [0.15, 0.2) is 15.0 Å². The number of para-hydroxylation sites is 1. The van der Waals surface area contributed by atoms with Gasteiger partial charge in [0, 0.05) is 10.6 Å². The molecular formula is C23H19FN4O4S2. The second kappa shape index (κ2) is 7.41. The van der Waals surface area contributed by atoms with E-state index < -0.39 is 27.6 Å². The number of anilines is 1. The van der Waals surface area contributed by atoms with Crippen LogP contribution < -0.4 is 10.9 Å². The fourth-order valence-electron chi connectivity index (χ4n) is 4.85. The summed E-state index contributed by atoms with van der Waals surface area (Å²) in [4.78, 5) is 31.4. The molecule has 0 radical (unpaired) electrons. The highest BCUT2D eigenvalue weighted by Crippen LogP contribution is 2.44. The minimum atomic E-state index is -3.23. The van der Waals surface area contributed by atoms with Crippen LogP contribution in [0.2, 0.25) is 0 Å². The summed E-state index contributed by atoms with van der Waals surface area (Å²) in [5.74, 6) is -1.14. The maximum atomic E-state index is 14.0. The van der Waals surface area contributed by atoms with Crippen LogP contribution in [0.15, 0.2) is 52.4 Å². The number of nitrogens with zero attached hydrogens (tertiary/aromatic N) is 3. The lowest BCUT2D eigenvalue weighted by atomic mass is 10.1. The average molecular weight is 499 g/mol. The molecule has 4 aromatic rings. The fraction of sp³-hybridized carbons (Fsp3) is 0.261. The van der Waals surface area contributed by atoms with Gasteiger partial charge in [-0.05, 0) is 31.2 Å². The van der Waals surface area contributed by atoms with E-state index in [0.29, 0.717) is 16.2 Å². The maximum Gasteiger partial charge on any atom is 0.279 e. The monoisotopic (exact) mass is 498 g/mol. The van der Waals surface area contributed by atoms with Crippen LogP contribution >= 0.6 is 11.8 Å². The van der Waals surface area contributed by atoms with E-state index in [9.17, 15) is 22.4 Å². The summed E-state index contributed by atoms with van der Waals surface area (Å²) in [6.07, 6.45) is 0. The number of carbonyl (C=O) groups excluding carboxylic acids is 1. The van der Waals surface area contributed by atoms with Gasteiger partial charge in [0.05, 0.1) is 28.8 Å². The molecule has 34 heavy (non-hydrogen) atoms. The molecule has 1 amide bonds. The highest BCUT2D eigenvalue weighted by atomic mass is 32.2. The van der Waals surface area contributed by atoms with Gasteiger partial charge in [0.2, 0.25) is 5.91 Å². The summed E-state index contributed by atoms with van der Waals surface area (Å²) < 4.78 is 41.5. The first-order chi connectivity index (χ1) is 16.2. The van der Waals surface area contributed by atoms with Gasteiger partial charge in [-0.3, -0.25) is 14.2 Å². The molecule has 2 aliphatic heterocycles. The van der Waals surface area contributed by atoms with Gasteiger partial charge in [-0.15, -0.1) is 0 Å². The van der Waals surface area contributed by atoms with E-state index in [1.165, 1.54) is 34.5 Å². The number of halogens is 1. The van der Waals surface area contributed by atoms with Crippen LogP contribution in [-0.4, -0.2) is 45.2 Å². The number of thioether (sulfide) groups is 1. The van der Waals surface area contributed by atoms with Gasteiger partial charge >= 0.3 is 0 Å². The molecule has 8 nitrogen and oxygen atoms in total. The number of fused-ring (bicyclic) bond motifs is 6. The Labute approximate surface area is 197 Å². The van der Waals surface area contributed by atoms with E-state index in [1.807, 2.05) is 25.1 Å². The molecule has 2 aliphatic rings. The van der Waals surface area contributed by atoms with Gasteiger partial charge in [-0.2, -0.15) is 0 Å². The van der Waals surface area contributed by atoms with E-state index in [4.69, 9.17) is 4.98 Å². The first-order valence-corrected chi connectivity index (χ1v) is 13.4. The smallest absolute Gasteiger partial charge is 0.279 e. The molecular weight excluding hydrogens is 479 g/mol. The summed E-state index contributed by atoms with van der Waals surface area (Å²) in [7, 11) is -3.23. The van der Waals surface area contributed by atoms with Crippen molar-refractivity contribution in [2.75, 3.05) is 16.8 Å². The van der Waals surface area contributed by atoms with E-state index in [-0.39, 0.29) is 40.1 Å². The Morgan fingerprint density at radius 3 is 2.82 bits per heavy atom. The summed E-state index contributed by atoms with van der Waals surface area (Å²) in [6.45, 7) is 1.70. The van der Waals surface area contributed by atoms with Gasteiger partial charge in [0.25, 0.3) is 5.56 Å². The zero-order valence-corrected chi connectivity index (χ0v) is 19.6. The zero-order valence-electron chi connectivity index (χ0n) is 18.0. The SMILES string of the molecule is Cc1ccc2c(c1)c1nc3n(c(=O)c1n2CC(=O)Nc1ccccc1F)[C@@H]1CS(=O)(=O)C[C@H]1S3. The van der Waals surface area contributed by atoms with Gasteiger partial charge in [-0.25, -0.2) is 17.8 Å². The number of aromatic nitrogens is 3. The quantitative estimate of drug-likeness (QED) is 0.436. The first-order valence-electron chi connectivity index (χ1n) is 10.7. The number of sulfone groups is 1. The predicted molar refractivity (Wildman–Crippen MR) is 129 cm³/mol. The van der Waals surface area contributed by atoms with Crippen LogP contribution in [0.5, 0.6) is 0 Å². The van der Waals surface area contributed by atoms with Crippen molar-refractivity contribution in [2.24, 2.45) is 0 Å². The second-order valence-corrected chi connectivity index (χ2v) is 12.1. The first kappa shape index (κ1) is 21.4. The highest BCUT2D eigenvalue weighted by Gasteiger charge is 2.46.